The molecule has 1 aromatic carbocycles. The third-order valence-corrected chi connectivity index (χ3v) is 3.78. The second kappa shape index (κ2) is 6.75. The van der Waals surface area contributed by atoms with Crippen LogP contribution in [0.25, 0.3) is 0 Å². The zero-order valence-electron chi connectivity index (χ0n) is 12.2. The summed E-state index contributed by atoms with van der Waals surface area (Å²) in [6.07, 6.45) is 3.28. The van der Waals surface area contributed by atoms with Crippen molar-refractivity contribution in [3.8, 4) is 5.75 Å². The molecule has 110 valence electrons. The highest BCUT2D eigenvalue weighted by atomic mass is 16.5. The van der Waals surface area contributed by atoms with E-state index in [-0.39, 0.29) is 18.6 Å². The molecule has 2 unspecified atom stereocenters. The number of aliphatic hydroxyl groups excluding tert-OH is 1. The van der Waals surface area contributed by atoms with Crippen LogP contribution >= 0.6 is 0 Å². The molecule has 2 N–H and O–H groups in total. The van der Waals surface area contributed by atoms with Crippen LogP contribution in [0.1, 0.15) is 36.8 Å². The highest BCUT2D eigenvalue weighted by Gasteiger charge is 2.24. The molecule has 2 atom stereocenters. The standard InChI is InChI=1S/C16H23NO3/c1-11-7-8-12(2)15(9-11)20-10-16(19)17-13-5-3-4-6-14(13)18/h7-9,13-14,18H,3-6,10H2,1-2H3,(H,17,19). The predicted molar refractivity (Wildman–Crippen MR) is 77.8 cm³/mol. The Bertz CT molecular complexity index is 473. The molecule has 0 heterocycles. The number of nitrogens with one attached hydrogen (secondary N) is 1. The summed E-state index contributed by atoms with van der Waals surface area (Å²) in [7, 11) is 0. The van der Waals surface area contributed by atoms with E-state index >= 15 is 0 Å². The maximum atomic E-state index is 11.9. The monoisotopic (exact) mass is 277 g/mol. The van der Waals surface area contributed by atoms with E-state index in [2.05, 4.69) is 5.32 Å². The zero-order valence-corrected chi connectivity index (χ0v) is 12.2. The van der Waals surface area contributed by atoms with Gasteiger partial charge in [-0.15, -0.1) is 0 Å². The van der Waals surface area contributed by atoms with E-state index in [1.165, 1.54) is 0 Å². The van der Waals surface area contributed by atoms with E-state index in [9.17, 15) is 9.90 Å². The molecule has 0 saturated heterocycles. The van der Waals surface area contributed by atoms with Gasteiger partial charge < -0.3 is 15.2 Å². The fraction of sp³-hybridized carbons (Fsp3) is 0.562. The molecule has 4 heteroatoms. The normalized spacial score (nSPS) is 22.4. The summed E-state index contributed by atoms with van der Waals surface area (Å²) in [5.74, 6) is 0.571. The van der Waals surface area contributed by atoms with E-state index in [1.807, 2.05) is 32.0 Å². The molecule has 0 aliphatic heterocycles. The molecule has 0 aromatic heterocycles. The number of aliphatic hydroxyl groups is 1. The predicted octanol–water partition coefficient (Wildman–Crippen LogP) is 2.10. The summed E-state index contributed by atoms with van der Waals surface area (Å²) >= 11 is 0. The van der Waals surface area contributed by atoms with Crippen molar-refractivity contribution in [3.63, 3.8) is 0 Å². The average molecular weight is 277 g/mol. The van der Waals surface area contributed by atoms with E-state index in [0.717, 1.165) is 42.6 Å². The molecule has 4 nitrogen and oxygen atoms in total. The molecule has 0 bridgehead atoms. The van der Waals surface area contributed by atoms with Gasteiger partial charge in [0.1, 0.15) is 5.75 Å². The van der Waals surface area contributed by atoms with Gasteiger partial charge in [0.25, 0.3) is 5.91 Å². The number of amides is 1. The van der Waals surface area contributed by atoms with Crippen molar-refractivity contribution in [1.29, 1.82) is 0 Å². The van der Waals surface area contributed by atoms with Crippen LogP contribution < -0.4 is 10.1 Å². The zero-order chi connectivity index (χ0) is 14.5. The van der Waals surface area contributed by atoms with Gasteiger partial charge in [-0.05, 0) is 43.9 Å². The number of carbonyl (C=O) groups is 1. The van der Waals surface area contributed by atoms with E-state index in [1.54, 1.807) is 0 Å². The van der Waals surface area contributed by atoms with Gasteiger partial charge in [-0.3, -0.25) is 4.79 Å². The number of aryl methyl sites for hydroxylation is 2. The molecule has 1 saturated carbocycles. The Balaban J connectivity index is 1.84. The van der Waals surface area contributed by atoms with Crippen molar-refractivity contribution >= 4 is 5.91 Å². The number of ether oxygens (including phenoxy) is 1. The van der Waals surface area contributed by atoms with Crippen molar-refractivity contribution in [2.75, 3.05) is 6.61 Å². The Hall–Kier alpha value is -1.55. The average Bonchev–Trinajstić information content (AvgIpc) is 2.42. The van der Waals surface area contributed by atoms with Crippen LogP contribution in [0.3, 0.4) is 0 Å². The summed E-state index contributed by atoms with van der Waals surface area (Å²) in [5, 5.41) is 12.7. The number of rotatable bonds is 4. The minimum atomic E-state index is -0.423. The SMILES string of the molecule is Cc1ccc(C)c(OCC(=O)NC2CCCCC2O)c1. The van der Waals surface area contributed by atoms with Gasteiger partial charge in [-0.25, -0.2) is 0 Å². The van der Waals surface area contributed by atoms with Crippen LogP contribution in [0.5, 0.6) is 5.75 Å². The smallest absolute Gasteiger partial charge is 0.258 e. The van der Waals surface area contributed by atoms with Crippen molar-refractivity contribution in [1.82, 2.24) is 5.32 Å². The molecule has 1 fully saturated rings. The molecular weight excluding hydrogens is 254 g/mol. The first kappa shape index (κ1) is 14.9. The van der Waals surface area contributed by atoms with Gasteiger partial charge in [0.15, 0.2) is 6.61 Å². The number of hydrogen-bond donors (Lipinski definition) is 2. The van der Waals surface area contributed by atoms with Gasteiger partial charge >= 0.3 is 0 Å². The Morgan fingerprint density at radius 3 is 2.85 bits per heavy atom. The molecular formula is C16H23NO3. The first-order valence-electron chi connectivity index (χ1n) is 7.24. The Kier molecular flexibility index (Phi) is 5.01. The van der Waals surface area contributed by atoms with Gasteiger partial charge in [0, 0.05) is 0 Å². The lowest BCUT2D eigenvalue weighted by Gasteiger charge is -2.28. The quantitative estimate of drug-likeness (QED) is 0.886. The van der Waals surface area contributed by atoms with Gasteiger partial charge in [0.05, 0.1) is 12.1 Å². The second-order valence-electron chi connectivity index (χ2n) is 5.58. The summed E-state index contributed by atoms with van der Waals surface area (Å²) in [6.45, 7) is 3.94. The number of carbonyl (C=O) groups excluding carboxylic acids is 1. The van der Waals surface area contributed by atoms with Crippen LogP contribution in [0.2, 0.25) is 0 Å². The van der Waals surface area contributed by atoms with Crippen molar-refractivity contribution < 1.29 is 14.6 Å². The molecule has 1 aliphatic carbocycles. The van der Waals surface area contributed by atoms with Gasteiger partial charge in [0.2, 0.25) is 0 Å². The van der Waals surface area contributed by atoms with Crippen LogP contribution in [-0.2, 0) is 4.79 Å². The highest BCUT2D eigenvalue weighted by molar-refractivity contribution is 5.78. The lowest BCUT2D eigenvalue weighted by molar-refractivity contribution is -0.125. The molecule has 1 aliphatic rings. The minimum absolute atomic E-state index is 0.00644. The van der Waals surface area contributed by atoms with Crippen LogP contribution in [-0.4, -0.2) is 29.8 Å². The van der Waals surface area contributed by atoms with E-state index < -0.39 is 6.10 Å². The van der Waals surface area contributed by atoms with E-state index in [4.69, 9.17) is 4.74 Å². The first-order valence-corrected chi connectivity index (χ1v) is 7.24. The van der Waals surface area contributed by atoms with Crippen molar-refractivity contribution in [2.24, 2.45) is 0 Å². The summed E-state index contributed by atoms with van der Waals surface area (Å²) in [5.41, 5.74) is 2.12. The largest absolute Gasteiger partial charge is 0.483 e. The third kappa shape index (κ3) is 3.97. The summed E-state index contributed by atoms with van der Waals surface area (Å²) in [6, 6.07) is 5.80. The third-order valence-electron chi connectivity index (χ3n) is 3.78. The summed E-state index contributed by atoms with van der Waals surface area (Å²) in [4.78, 5) is 11.9. The molecule has 0 spiro atoms. The van der Waals surface area contributed by atoms with Crippen LogP contribution in [0.4, 0.5) is 0 Å². The fourth-order valence-corrected chi connectivity index (χ4v) is 2.53. The molecule has 1 aromatic rings. The minimum Gasteiger partial charge on any atom is -0.483 e. The molecule has 20 heavy (non-hydrogen) atoms. The number of benzene rings is 1. The maximum Gasteiger partial charge on any atom is 0.258 e. The Morgan fingerprint density at radius 1 is 1.35 bits per heavy atom. The lowest BCUT2D eigenvalue weighted by Crippen LogP contribution is -2.46. The van der Waals surface area contributed by atoms with E-state index in [0.29, 0.717) is 0 Å². The fourth-order valence-electron chi connectivity index (χ4n) is 2.53. The highest BCUT2D eigenvalue weighted by Crippen LogP contribution is 2.20. The first-order chi connectivity index (χ1) is 9.56. The molecule has 1 amide bonds. The molecule has 0 radical (unpaired) electrons. The maximum absolute atomic E-state index is 11.9. The van der Waals surface area contributed by atoms with Gasteiger partial charge in [-0.1, -0.05) is 25.0 Å². The van der Waals surface area contributed by atoms with Crippen LogP contribution in [0, 0.1) is 13.8 Å². The lowest BCUT2D eigenvalue weighted by atomic mass is 9.92. The molecule has 2 rings (SSSR count). The number of hydrogen-bond acceptors (Lipinski definition) is 3. The second-order valence-corrected chi connectivity index (χ2v) is 5.58. The van der Waals surface area contributed by atoms with Crippen molar-refractivity contribution in [2.45, 2.75) is 51.7 Å². The Labute approximate surface area is 120 Å². The topological polar surface area (TPSA) is 58.6 Å². The van der Waals surface area contributed by atoms with Crippen LogP contribution in [0.15, 0.2) is 18.2 Å². The van der Waals surface area contributed by atoms with Crippen molar-refractivity contribution in [3.05, 3.63) is 29.3 Å². The Morgan fingerprint density at radius 2 is 2.10 bits per heavy atom. The van der Waals surface area contributed by atoms with Gasteiger partial charge in [-0.2, -0.15) is 0 Å². The summed E-state index contributed by atoms with van der Waals surface area (Å²) < 4.78 is 5.56.